The van der Waals surface area contributed by atoms with Crippen LogP contribution < -0.4 is 4.90 Å². The Morgan fingerprint density at radius 1 is 1.16 bits per heavy atom. The molecule has 0 aliphatic carbocycles. The Kier molecular flexibility index (Phi) is 5.14. The van der Waals surface area contributed by atoms with Gasteiger partial charge < -0.3 is 9.74 Å². The van der Waals surface area contributed by atoms with Crippen molar-refractivity contribution in [2.45, 2.75) is 19.9 Å². The molecular formula is C19H17ClN2O3. The number of aryl methyl sites for hydroxylation is 1. The molecule has 1 amide bonds. The molecule has 1 aliphatic heterocycles. The Balaban J connectivity index is 1.88. The van der Waals surface area contributed by atoms with E-state index in [1.165, 1.54) is 0 Å². The van der Waals surface area contributed by atoms with Crippen molar-refractivity contribution in [2.75, 3.05) is 10.8 Å². The standard InChI is InChI=1S/C19H17ClN2O3/c1-13-6-8-14(9-7-13)12-22-16-5-3-2-4-15(16)18(19(22)24)21-25-17(23)10-11-20/h2-9H,10-12H2,1H3/b21-18+. The van der Waals surface area contributed by atoms with Crippen molar-refractivity contribution in [2.24, 2.45) is 5.16 Å². The molecule has 6 heteroatoms. The Hall–Kier alpha value is -2.66. The van der Waals surface area contributed by atoms with E-state index in [4.69, 9.17) is 16.4 Å². The maximum atomic E-state index is 12.8. The largest absolute Gasteiger partial charge is 0.336 e. The van der Waals surface area contributed by atoms with Crippen LogP contribution in [0.2, 0.25) is 0 Å². The van der Waals surface area contributed by atoms with E-state index in [0.717, 1.165) is 16.8 Å². The van der Waals surface area contributed by atoms with Gasteiger partial charge in [-0.05, 0) is 18.6 Å². The summed E-state index contributed by atoms with van der Waals surface area (Å²) in [4.78, 5) is 30.7. The summed E-state index contributed by atoms with van der Waals surface area (Å²) in [5, 5.41) is 3.79. The highest BCUT2D eigenvalue weighted by Crippen LogP contribution is 2.30. The summed E-state index contributed by atoms with van der Waals surface area (Å²) in [6.45, 7) is 2.44. The molecule has 0 spiro atoms. The molecule has 0 fully saturated rings. The average Bonchev–Trinajstić information content (AvgIpc) is 2.87. The number of hydrogen-bond acceptors (Lipinski definition) is 4. The zero-order valence-electron chi connectivity index (χ0n) is 13.7. The normalized spacial score (nSPS) is 14.7. The van der Waals surface area contributed by atoms with Crippen LogP contribution in [0.3, 0.4) is 0 Å². The number of carbonyl (C=O) groups excluding carboxylic acids is 2. The number of oxime groups is 1. The fourth-order valence-electron chi connectivity index (χ4n) is 2.60. The first-order valence-corrected chi connectivity index (χ1v) is 8.44. The van der Waals surface area contributed by atoms with E-state index in [-0.39, 0.29) is 23.9 Å². The second-order valence-corrected chi connectivity index (χ2v) is 6.11. The third-order valence-corrected chi connectivity index (χ3v) is 4.09. The Bertz CT molecular complexity index is 831. The van der Waals surface area contributed by atoms with Crippen molar-refractivity contribution in [3.05, 3.63) is 65.2 Å². The quantitative estimate of drug-likeness (QED) is 0.468. The maximum absolute atomic E-state index is 12.8. The van der Waals surface area contributed by atoms with Gasteiger partial charge in [0.2, 0.25) is 0 Å². The lowest BCUT2D eigenvalue weighted by molar-refractivity contribution is -0.143. The Morgan fingerprint density at radius 2 is 1.88 bits per heavy atom. The van der Waals surface area contributed by atoms with Gasteiger partial charge in [0.15, 0.2) is 5.71 Å². The van der Waals surface area contributed by atoms with E-state index in [1.807, 2.05) is 49.4 Å². The lowest BCUT2D eigenvalue weighted by Gasteiger charge is -2.16. The molecular weight excluding hydrogens is 340 g/mol. The van der Waals surface area contributed by atoms with Gasteiger partial charge in [0.05, 0.1) is 18.7 Å². The first-order valence-electron chi connectivity index (χ1n) is 7.91. The smallest absolute Gasteiger partial charge is 0.317 e. The van der Waals surface area contributed by atoms with Crippen molar-refractivity contribution in [3.63, 3.8) is 0 Å². The molecule has 0 unspecified atom stereocenters. The molecule has 1 heterocycles. The minimum Gasteiger partial charge on any atom is -0.317 e. The fraction of sp³-hybridized carbons (Fsp3) is 0.211. The molecule has 3 rings (SSSR count). The Labute approximate surface area is 150 Å². The summed E-state index contributed by atoms with van der Waals surface area (Å²) in [6.07, 6.45) is 0.0429. The lowest BCUT2D eigenvalue weighted by atomic mass is 10.1. The number of hydrogen-bond donors (Lipinski definition) is 0. The average molecular weight is 357 g/mol. The van der Waals surface area contributed by atoms with Crippen molar-refractivity contribution >= 4 is 34.9 Å². The number of halogens is 1. The van der Waals surface area contributed by atoms with Crippen LogP contribution in [0, 0.1) is 6.92 Å². The van der Waals surface area contributed by atoms with E-state index in [2.05, 4.69) is 5.16 Å². The van der Waals surface area contributed by atoms with Gasteiger partial charge >= 0.3 is 5.97 Å². The second-order valence-electron chi connectivity index (χ2n) is 5.74. The van der Waals surface area contributed by atoms with E-state index in [1.54, 1.807) is 11.0 Å². The molecule has 0 bridgehead atoms. The van der Waals surface area contributed by atoms with Gasteiger partial charge in [0, 0.05) is 11.4 Å². The number of alkyl halides is 1. The van der Waals surface area contributed by atoms with Crippen LogP contribution in [0.25, 0.3) is 0 Å². The minimum absolute atomic E-state index is 0.0429. The molecule has 128 valence electrons. The number of para-hydroxylation sites is 1. The van der Waals surface area contributed by atoms with Gasteiger partial charge in [0.25, 0.3) is 5.91 Å². The highest BCUT2D eigenvalue weighted by molar-refractivity contribution is 6.54. The maximum Gasteiger partial charge on any atom is 0.336 e. The predicted molar refractivity (Wildman–Crippen MR) is 96.8 cm³/mol. The third-order valence-electron chi connectivity index (χ3n) is 3.90. The van der Waals surface area contributed by atoms with E-state index < -0.39 is 5.97 Å². The van der Waals surface area contributed by atoms with Gasteiger partial charge in [-0.15, -0.1) is 11.6 Å². The van der Waals surface area contributed by atoms with Crippen LogP contribution in [-0.4, -0.2) is 23.5 Å². The number of nitrogens with zero attached hydrogens (tertiary/aromatic N) is 2. The Morgan fingerprint density at radius 3 is 2.60 bits per heavy atom. The van der Waals surface area contributed by atoms with Gasteiger partial charge in [-0.25, -0.2) is 4.79 Å². The summed E-state index contributed by atoms with van der Waals surface area (Å²) in [6, 6.07) is 15.3. The fourth-order valence-corrected chi connectivity index (χ4v) is 2.76. The summed E-state index contributed by atoms with van der Waals surface area (Å²) in [7, 11) is 0. The molecule has 2 aromatic rings. The lowest BCUT2D eigenvalue weighted by Crippen LogP contribution is -2.29. The molecule has 2 aromatic carbocycles. The highest BCUT2D eigenvalue weighted by Gasteiger charge is 2.34. The summed E-state index contributed by atoms with van der Waals surface area (Å²) in [5.74, 6) is -0.710. The molecule has 1 aliphatic rings. The van der Waals surface area contributed by atoms with Crippen molar-refractivity contribution in [3.8, 4) is 0 Å². The number of amides is 1. The van der Waals surface area contributed by atoms with Crippen LogP contribution >= 0.6 is 11.6 Å². The van der Waals surface area contributed by atoms with Crippen LogP contribution in [0.15, 0.2) is 53.7 Å². The van der Waals surface area contributed by atoms with Crippen molar-refractivity contribution in [1.29, 1.82) is 0 Å². The molecule has 0 saturated carbocycles. The topological polar surface area (TPSA) is 59.0 Å². The van der Waals surface area contributed by atoms with Gasteiger partial charge in [-0.3, -0.25) is 4.79 Å². The van der Waals surface area contributed by atoms with Crippen LogP contribution in [-0.2, 0) is 21.0 Å². The summed E-state index contributed by atoms with van der Waals surface area (Å²) < 4.78 is 0. The van der Waals surface area contributed by atoms with Crippen LogP contribution in [0.4, 0.5) is 5.69 Å². The molecule has 0 saturated heterocycles. The molecule has 25 heavy (non-hydrogen) atoms. The predicted octanol–water partition coefficient (Wildman–Crippen LogP) is 3.42. The molecule has 0 N–H and O–H groups in total. The van der Waals surface area contributed by atoms with E-state index >= 15 is 0 Å². The van der Waals surface area contributed by atoms with Gasteiger partial charge in [-0.2, -0.15) is 0 Å². The summed E-state index contributed by atoms with van der Waals surface area (Å²) in [5.41, 5.74) is 3.70. The zero-order chi connectivity index (χ0) is 17.8. The number of carbonyl (C=O) groups is 2. The minimum atomic E-state index is -0.565. The van der Waals surface area contributed by atoms with Crippen molar-refractivity contribution < 1.29 is 14.4 Å². The van der Waals surface area contributed by atoms with Crippen LogP contribution in [0.5, 0.6) is 0 Å². The first kappa shape index (κ1) is 17.2. The summed E-state index contributed by atoms with van der Waals surface area (Å²) >= 11 is 5.50. The number of fused-ring (bicyclic) bond motifs is 1. The first-order chi connectivity index (χ1) is 12.1. The third kappa shape index (κ3) is 3.72. The monoisotopic (exact) mass is 356 g/mol. The highest BCUT2D eigenvalue weighted by atomic mass is 35.5. The van der Waals surface area contributed by atoms with Crippen LogP contribution in [0.1, 0.15) is 23.1 Å². The number of benzene rings is 2. The van der Waals surface area contributed by atoms with E-state index in [0.29, 0.717) is 12.1 Å². The molecule has 0 atom stereocenters. The van der Waals surface area contributed by atoms with Gasteiger partial charge in [-0.1, -0.05) is 53.2 Å². The SMILES string of the molecule is Cc1ccc(CN2C(=O)/C(=N/OC(=O)CCCl)c3ccccc32)cc1. The second kappa shape index (κ2) is 7.49. The zero-order valence-corrected chi connectivity index (χ0v) is 14.5. The van der Waals surface area contributed by atoms with Crippen molar-refractivity contribution in [1.82, 2.24) is 0 Å². The number of rotatable bonds is 5. The molecule has 0 aromatic heterocycles. The molecule has 0 radical (unpaired) electrons. The van der Waals surface area contributed by atoms with E-state index in [9.17, 15) is 9.59 Å². The number of anilines is 1. The molecule has 5 nitrogen and oxygen atoms in total. The van der Waals surface area contributed by atoms with Gasteiger partial charge in [0.1, 0.15) is 0 Å².